The minimum Gasteiger partial charge on any atom is -0.338 e. The molecule has 0 aliphatic rings. The summed E-state index contributed by atoms with van der Waals surface area (Å²) in [4.78, 5) is 24.2. The Kier molecular flexibility index (Phi) is 8.52. The van der Waals surface area contributed by atoms with Gasteiger partial charge in [-0.1, -0.05) is 49.2 Å². The van der Waals surface area contributed by atoms with Crippen molar-refractivity contribution in [2.45, 2.75) is 66.5 Å². The predicted octanol–water partition coefficient (Wildman–Crippen LogP) is 5.60. The number of hydrogen-bond donors (Lipinski definition) is 0. The molecule has 0 aliphatic carbocycles. The van der Waals surface area contributed by atoms with Crippen LogP contribution in [0.25, 0.3) is 0 Å². The molecule has 2 atom stereocenters. The number of hydrogen-bond acceptors (Lipinski definition) is 5. The van der Waals surface area contributed by atoms with Gasteiger partial charge in [0.1, 0.15) is 0 Å². The van der Waals surface area contributed by atoms with Crippen molar-refractivity contribution in [3.63, 3.8) is 0 Å². The van der Waals surface area contributed by atoms with Gasteiger partial charge in [0.05, 0.1) is 23.5 Å². The molecule has 0 heterocycles. The van der Waals surface area contributed by atoms with E-state index in [-0.39, 0.29) is 18.7 Å². The van der Waals surface area contributed by atoms with Crippen LogP contribution >= 0.6 is 0 Å². The maximum absolute atomic E-state index is 12.6. The van der Waals surface area contributed by atoms with Gasteiger partial charge in [0.2, 0.25) is 0 Å². The summed E-state index contributed by atoms with van der Waals surface area (Å²) < 4.78 is 0. The molecule has 2 rings (SSSR count). The van der Waals surface area contributed by atoms with Crippen LogP contribution in [0.5, 0.6) is 0 Å². The molecule has 0 spiro atoms. The Bertz CT molecular complexity index is 759. The van der Waals surface area contributed by atoms with Gasteiger partial charge < -0.3 is 4.84 Å². The zero-order chi connectivity index (χ0) is 21.4. The van der Waals surface area contributed by atoms with Crippen LogP contribution in [0.2, 0.25) is 0 Å². The van der Waals surface area contributed by atoms with Crippen molar-refractivity contribution in [1.82, 2.24) is 0 Å². The summed E-state index contributed by atoms with van der Waals surface area (Å²) in [5.74, 6) is -0.425. The zero-order valence-electron chi connectivity index (χ0n) is 18.5. The Hall–Kier alpha value is -2.53. The lowest BCUT2D eigenvalue weighted by Crippen LogP contribution is -2.39. The van der Waals surface area contributed by atoms with Crippen molar-refractivity contribution in [3.8, 4) is 0 Å². The quantitative estimate of drug-likeness (QED) is 0.487. The van der Waals surface area contributed by atoms with E-state index in [1.165, 1.54) is 5.56 Å². The van der Waals surface area contributed by atoms with Crippen molar-refractivity contribution in [3.05, 3.63) is 59.7 Å². The van der Waals surface area contributed by atoms with Gasteiger partial charge in [-0.05, 0) is 64.8 Å². The average Bonchev–Trinajstić information content (AvgIpc) is 2.73. The normalized spacial score (nSPS) is 12.9. The van der Waals surface area contributed by atoms with E-state index in [1.807, 2.05) is 69.3 Å². The van der Waals surface area contributed by atoms with Crippen LogP contribution in [0.1, 0.15) is 51.7 Å². The van der Waals surface area contributed by atoms with E-state index in [9.17, 15) is 4.79 Å². The van der Waals surface area contributed by atoms with Crippen LogP contribution in [-0.2, 0) is 14.5 Å². The first-order valence-corrected chi connectivity index (χ1v) is 10.4. The number of hydroxylamine groups is 2. The van der Waals surface area contributed by atoms with Gasteiger partial charge in [-0.2, -0.15) is 0 Å². The molecule has 2 aromatic rings. The molecule has 2 unspecified atom stereocenters. The van der Waals surface area contributed by atoms with Gasteiger partial charge in [-0.15, -0.1) is 0 Å². The lowest BCUT2D eigenvalue weighted by atomic mass is 10.2. The van der Waals surface area contributed by atoms with E-state index in [0.29, 0.717) is 0 Å². The summed E-state index contributed by atoms with van der Waals surface area (Å²) in [5, 5.41) is 3.46. The van der Waals surface area contributed by atoms with E-state index >= 15 is 0 Å². The first-order chi connectivity index (χ1) is 13.8. The van der Waals surface area contributed by atoms with Gasteiger partial charge in [-0.25, -0.2) is 9.86 Å². The molecule has 158 valence electrons. The molecule has 0 saturated carbocycles. The number of aryl methyl sites for hydroxylation is 2. The highest BCUT2D eigenvalue weighted by molar-refractivity contribution is 5.72. The maximum atomic E-state index is 12.6. The van der Waals surface area contributed by atoms with E-state index < -0.39 is 5.97 Å². The van der Waals surface area contributed by atoms with Gasteiger partial charge in [0.15, 0.2) is 6.61 Å². The van der Waals surface area contributed by atoms with Gasteiger partial charge >= 0.3 is 5.97 Å². The van der Waals surface area contributed by atoms with Crippen molar-refractivity contribution in [2.75, 3.05) is 16.7 Å². The van der Waals surface area contributed by atoms with Crippen LogP contribution in [0.15, 0.2) is 48.5 Å². The number of rotatable bonds is 10. The molecule has 0 aliphatic heterocycles. The highest BCUT2D eigenvalue weighted by atomic mass is 16.7. The maximum Gasteiger partial charge on any atom is 0.360 e. The van der Waals surface area contributed by atoms with E-state index in [1.54, 1.807) is 10.1 Å². The second kappa shape index (κ2) is 10.9. The SMILES string of the molecule is CCC(C)N(OCC(=O)ON(c1ccc(C)cc1)C(C)CC)c1ccc(C)cc1. The fraction of sp³-hybridized carbons (Fsp3) is 0.458. The second-order valence-corrected chi connectivity index (χ2v) is 7.57. The lowest BCUT2D eigenvalue weighted by molar-refractivity contribution is -0.152. The molecule has 2 aromatic carbocycles. The second-order valence-electron chi connectivity index (χ2n) is 7.57. The zero-order valence-corrected chi connectivity index (χ0v) is 18.5. The molecular weight excluding hydrogens is 364 g/mol. The van der Waals surface area contributed by atoms with Crippen molar-refractivity contribution >= 4 is 17.3 Å². The molecule has 0 bridgehead atoms. The molecule has 29 heavy (non-hydrogen) atoms. The Morgan fingerprint density at radius 1 is 0.793 bits per heavy atom. The molecule has 0 N–H and O–H groups in total. The first-order valence-electron chi connectivity index (χ1n) is 10.4. The summed E-state index contributed by atoms with van der Waals surface area (Å²) in [6.07, 6.45) is 1.75. The summed E-state index contributed by atoms with van der Waals surface area (Å²) in [6.45, 7) is 12.2. The smallest absolute Gasteiger partial charge is 0.338 e. The average molecular weight is 399 g/mol. The number of carbonyl (C=O) groups is 1. The van der Waals surface area contributed by atoms with Crippen LogP contribution in [0.4, 0.5) is 11.4 Å². The van der Waals surface area contributed by atoms with Gasteiger partial charge in [-0.3, -0.25) is 9.90 Å². The Labute approximate surface area is 175 Å². The summed E-state index contributed by atoms with van der Waals surface area (Å²) in [7, 11) is 0. The van der Waals surface area contributed by atoms with E-state index in [2.05, 4.69) is 20.8 Å². The topological polar surface area (TPSA) is 42.0 Å². The van der Waals surface area contributed by atoms with E-state index in [0.717, 1.165) is 29.8 Å². The van der Waals surface area contributed by atoms with Crippen molar-refractivity contribution < 1.29 is 14.5 Å². The highest BCUT2D eigenvalue weighted by Gasteiger charge is 2.21. The Morgan fingerprint density at radius 2 is 1.21 bits per heavy atom. The molecule has 5 heteroatoms. The molecule has 0 aromatic heterocycles. The minimum absolute atomic E-state index is 0.0597. The fourth-order valence-electron chi connectivity index (χ4n) is 2.83. The Balaban J connectivity index is 2.07. The van der Waals surface area contributed by atoms with Crippen LogP contribution in [-0.4, -0.2) is 24.7 Å². The summed E-state index contributed by atoms with van der Waals surface area (Å²) >= 11 is 0. The predicted molar refractivity (Wildman–Crippen MR) is 119 cm³/mol. The van der Waals surface area contributed by atoms with E-state index in [4.69, 9.17) is 9.68 Å². The first kappa shape index (κ1) is 22.8. The molecule has 5 nitrogen and oxygen atoms in total. The van der Waals surface area contributed by atoms with Crippen molar-refractivity contribution in [1.29, 1.82) is 0 Å². The summed E-state index contributed by atoms with van der Waals surface area (Å²) in [6, 6.07) is 16.2. The van der Waals surface area contributed by atoms with Gasteiger partial charge in [0, 0.05) is 0 Å². The van der Waals surface area contributed by atoms with Gasteiger partial charge in [0.25, 0.3) is 0 Å². The number of carbonyl (C=O) groups excluding carboxylic acids is 1. The Morgan fingerprint density at radius 3 is 1.66 bits per heavy atom. The lowest BCUT2D eigenvalue weighted by Gasteiger charge is -2.31. The van der Waals surface area contributed by atoms with Crippen LogP contribution in [0.3, 0.4) is 0 Å². The highest BCUT2D eigenvalue weighted by Crippen LogP contribution is 2.22. The standard InChI is InChI=1S/C24H34N2O3/c1-7-20(5)25(22-13-9-18(3)10-14-22)28-17-24(27)29-26(21(6)8-2)23-15-11-19(4)12-16-23/h9-16,20-21H,7-8,17H2,1-6H3. The summed E-state index contributed by atoms with van der Waals surface area (Å²) in [5.41, 5.74) is 4.13. The minimum atomic E-state index is -0.425. The molecule has 0 fully saturated rings. The molecule has 0 radical (unpaired) electrons. The van der Waals surface area contributed by atoms with Crippen LogP contribution in [0, 0.1) is 13.8 Å². The number of benzene rings is 2. The molecular formula is C24H34N2O3. The monoisotopic (exact) mass is 398 g/mol. The third-order valence-electron chi connectivity index (χ3n) is 5.08. The largest absolute Gasteiger partial charge is 0.360 e. The third-order valence-corrected chi connectivity index (χ3v) is 5.08. The van der Waals surface area contributed by atoms with Crippen LogP contribution < -0.4 is 10.1 Å². The number of anilines is 2. The molecule has 0 saturated heterocycles. The number of nitrogens with zero attached hydrogens (tertiary/aromatic N) is 2. The van der Waals surface area contributed by atoms with Crippen molar-refractivity contribution in [2.24, 2.45) is 0 Å². The molecule has 0 amide bonds. The third kappa shape index (κ3) is 6.50. The fourth-order valence-corrected chi connectivity index (χ4v) is 2.83.